The third-order valence-corrected chi connectivity index (χ3v) is 4.34. The fourth-order valence-corrected chi connectivity index (χ4v) is 2.67. The number of aromatic nitrogens is 1. The Labute approximate surface area is 144 Å². The minimum absolute atomic E-state index is 0.0315. The Bertz CT molecular complexity index is 718. The van der Waals surface area contributed by atoms with Gasteiger partial charge in [0.25, 0.3) is 5.91 Å². The van der Waals surface area contributed by atoms with E-state index in [9.17, 15) is 4.79 Å². The SMILES string of the molecule is O=C(c1ccnc(Nc2cccc(Cl)c2Cl)c1)N1CCOCC1. The van der Waals surface area contributed by atoms with Gasteiger partial charge in [0, 0.05) is 24.8 Å². The molecule has 1 N–H and O–H groups in total. The van der Waals surface area contributed by atoms with Crippen molar-refractivity contribution in [3.05, 3.63) is 52.1 Å². The van der Waals surface area contributed by atoms with Crippen molar-refractivity contribution < 1.29 is 9.53 Å². The summed E-state index contributed by atoms with van der Waals surface area (Å²) in [6.07, 6.45) is 1.59. The van der Waals surface area contributed by atoms with Crippen LogP contribution in [-0.4, -0.2) is 42.1 Å². The molecule has 7 heteroatoms. The van der Waals surface area contributed by atoms with Gasteiger partial charge in [-0.2, -0.15) is 0 Å². The number of carbonyl (C=O) groups is 1. The average molecular weight is 352 g/mol. The molecule has 1 aromatic carbocycles. The molecule has 0 saturated carbocycles. The molecule has 1 aliphatic rings. The van der Waals surface area contributed by atoms with E-state index in [1.54, 1.807) is 41.4 Å². The number of nitrogens with zero attached hydrogens (tertiary/aromatic N) is 2. The van der Waals surface area contributed by atoms with E-state index in [0.29, 0.717) is 53.4 Å². The first-order chi connectivity index (χ1) is 11.1. The second-order valence-corrected chi connectivity index (χ2v) is 5.85. The zero-order valence-electron chi connectivity index (χ0n) is 12.3. The largest absolute Gasteiger partial charge is 0.378 e. The second kappa shape index (κ2) is 7.17. The predicted molar refractivity (Wildman–Crippen MR) is 90.7 cm³/mol. The Balaban J connectivity index is 1.79. The van der Waals surface area contributed by atoms with Crippen molar-refractivity contribution in [2.75, 3.05) is 31.6 Å². The highest BCUT2D eigenvalue weighted by atomic mass is 35.5. The van der Waals surface area contributed by atoms with Crippen molar-refractivity contribution in [1.29, 1.82) is 0 Å². The summed E-state index contributed by atoms with van der Waals surface area (Å²) in [6.45, 7) is 2.34. The van der Waals surface area contributed by atoms with Gasteiger partial charge in [-0.3, -0.25) is 4.79 Å². The highest BCUT2D eigenvalue weighted by Crippen LogP contribution is 2.31. The van der Waals surface area contributed by atoms with Crippen LogP contribution in [0.3, 0.4) is 0 Å². The van der Waals surface area contributed by atoms with Gasteiger partial charge in [-0.05, 0) is 24.3 Å². The number of carbonyl (C=O) groups excluding carboxylic acids is 1. The Morgan fingerprint density at radius 2 is 2.00 bits per heavy atom. The molecule has 5 nitrogen and oxygen atoms in total. The Kier molecular flexibility index (Phi) is 5.00. The number of hydrogen-bond donors (Lipinski definition) is 1. The van der Waals surface area contributed by atoms with Gasteiger partial charge in [0.15, 0.2) is 0 Å². The summed E-state index contributed by atoms with van der Waals surface area (Å²) in [4.78, 5) is 18.5. The van der Waals surface area contributed by atoms with Crippen LogP contribution in [0.4, 0.5) is 11.5 Å². The molecule has 1 fully saturated rings. The maximum absolute atomic E-state index is 12.5. The van der Waals surface area contributed by atoms with E-state index in [-0.39, 0.29) is 5.91 Å². The third-order valence-electron chi connectivity index (χ3n) is 3.52. The van der Waals surface area contributed by atoms with Crippen molar-refractivity contribution in [2.45, 2.75) is 0 Å². The van der Waals surface area contributed by atoms with Crippen LogP contribution in [0.1, 0.15) is 10.4 Å². The lowest BCUT2D eigenvalue weighted by molar-refractivity contribution is 0.0303. The summed E-state index contributed by atoms with van der Waals surface area (Å²) in [6, 6.07) is 8.70. The highest BCUT2D eigenvalue weighted by Gasteiger charge is 2.19. The van der Waals surface area contributed by atoms with Gasteiger partial charge in [0.2, 0.25) is 0 Å². The summed E-state index contributed by atoms with van der Waals surface area (Å²) in [5, 5.41) is 3.96. The number of nitrogens with one attached hydrogen (secondary N) is 1. The fraction of sp³-hybridized carbons (Fsp3) is 0.250. The second-order valence-electron chi connectivity index (χ2n) is 5.06. The van der Waals surface area contributed by atoms with Crippen LogP contribution in [0.2, 0.25) is 10.0 Å². The molecule has 0 unspecified atom stereocenters. The maximum Gasteiger partial charge on any atom is 0.254 e. The zero-order chi connectivity index (χ0) is 16.2. The molecule has 0 bridgehead atoms. The Morgan fingerprint density at radius 3 is 2.78 bits per heavy atom. The lowest BCUT2D eigenvalue weighted by atomic mass is 10.2. The van der Waals surface area contributed by atoms with Crippen LogP contribution in [0, 0.1) is 0 Å². The number of anilines is 2. The number of hydrogen-bond acceptors (Lipinski definition) is 4. The van der Waals surface area contributed by atoms with Crippen molar-refractivity contribution in [1.82, 2.24) is 9.88 Å². The molecule has 0 spiro atoms. The lowest BCUT2D eigenvalue weighted by Crippen LogP contribution is -2.40. The van der Waals surface area contributed by atoms with Gasteiger partial charge in [-0.15, -0.1) is 0 Å². The van der Waals surface area contributed by atoms with Crippen LogP contribution in [0.5, 0.6) is 0 Å². The molecule has 23 heavy (non-hydrogen) atoms. The molecule has 1 saturated heterocycles. The summed E-state index contributed by atoms with van der Waals surface area (Å²) < 4.78 is 5.27. The molecule has 1 aliphatic heterocycles. The van der Waals surface area contributed by atoms with E-state index in [0.717, 1.165) is 0 Å². The fourth-order valence-electron chi connectivity index (χ4n) is 2.32. The summed E-state index contributed by atoms with van der Waals surface area (Å²) in [5.41, 5.74) is 1.21. The van der Waals surface area contributed by atoms with Crippen LogP contribution in [-0.2, 0) is 4.74 Å². The number of benzene rings is 1. The first-order valence-corrected chi connectivity index (χ1v) is 7.95. The molecule has 1 amide bonds. The smallest absolute Gasteiger partial charge is 0.254 e. The molecule has 2 heterocycles. The van der Waals surface area contributed by atoms with Gasteiger partial charge < -0.3 is 15.0 Å². The monoisotopic (exact) mass is 351 g/mol. The van der Waals surface area contributed by atoms with Crippen LogP contribution in [0.25, 0.3) is 0 Å². The van der Waals surface area contributed by atoms with E-state index in [1.807, 2.05) is 0 Å². The van der Waals surface area contributed by atoms with Crippen LogP contribution in [0.15, 0.2) is 36.5 Å². The van der Waals surface area contributed by atoms with E-state index < -0.39 is 0 Å². The summed E-state index contributed by atoms with van der Waals surface area (Å²) in [7, 11) is 0. The van der Waals surface area contributed by atoms with E-state index in [4.69, 9.17) is 27.9 Å². The zero-order valence-corrected chi connectivity index (χ0v) is 13.8. The molecule has 2 aromatic rings. The summed E-state index contributed by atoms with van der Waals surface area (Å²) >= 11 is 12.2. The first-order valence-electron chi connectivity index (χ1n) is 7.19. The predicted octanol–water partition coefficient (Wildman–Crippen LogP) is 3.60. The van der Waals surface area contributed by atoms with Gasteiger partial charge in [0.1, 0.15) is 5.82 Å². The number of rotatable bonds is 3. The lowest BCUT2D eigenvalue weighted by Gasteiger charge is -2.26. The van der Waals surface area contributed by atoms with Gasteiger partial charge in [-0.1, -0.05) is 29.3 Å². The molecule has 0 aliphatic carbocycles. The normalized spacial score (nSPS) is 14.6. The van der Waals surface area contributed by atoms with Crippen LogP contribution < -0.4 is 5.32 Å². The summed E-state index contributed by atoms with van der Waals surface area (Å²) in [5.74, 6) is 0.504. The van der Waals surface area contributed by atoms with Gasteiger partial charge in [0.05, 0.1) is 28.9 Å². The topological polar surface area (TPSA) is 54.5 Å². The molecule has 120 valence electrons. The Hall–Kier alpha value is -1.82. The highest BCUT2D eigenvalue weighted by molar-refractivity contribution is 6.43. The van der Waals surface area contributed by atoms with Crippen molar-refractivity contribution in [3.8, 4) is 0 Å². The standard InChI is InChI=1S/C16H15Cl2N3O2/c17-12-2-1-3-13(15(12)18)20-14-10-11(4-5-19-14)16(22)21-6-8-23-9-7-21/h1-5,10H,6-9H2,(H,19,20). The molecular formula is C16H15Cl2N3O2. The maximum atomic E-state index is 12.5. The van der Waals surface area contributed by atoms with Crippen LogP contribution >= 0.6 is 23.2 Å². The average Bonchev–Trinajstić information content (AvgIpc) is 2.59. The number of pyridine rings is 1. The van der Waals surface area contributed by atoms with E-state index in [1.165, 1.54) is 0 Å². The third kappa shape index (κ3) is 3.75. The van der Waals surface area contributed by atoms with Gasteiger partial charge >= 0.3 is 0 Å². The Morgan fingerprint density at radius 1 is 1.22 bits per heavy atom. The van der Waals surface area contributed by atoms with E-state index in [2.05, 4.69) is 10.3 Å². The van der Waals surface area contributed by atoms with Gasteiger partial charge in [-0.25, -0.2) is 4.98 Å². The molecule has 0 radical (unpaired) electrons. The number of morpholine rings is 1. The van der Waals surface area contributed by atoms with Crippen molar-refractivity contribution >= 4 is 40.6 Å². The molecule has 1 aromatic heterocycles. The number of halogens is 2. The number of amides is 1. The first kappa shape index (κ1) is 16.1. The minimum atomic E-state index is -0.0315. The molecule has 3 rings (SSSR count). The van der Waals surface area contributed by atoms with Crippen molar-refractivity contribution in [3.63, 3.8) is 0 Å². The van der Waals surface area contributed by atoms with E-state index >= 15 is 0 Å². The van der Waals surface area contributed by atoms with Crippen molar-refractivity contribution in [2.24, 2.45) is 0 Å². The minimum Gasteiger partial charge on any atom is -0.378 e. The number of ether oxygens (including phenoxy) is 1. The molecular weight excluding hydrogens is 337 g/mol. The molecule has 0 atom stereocenters. The quantitative estimate of drug-likeness (QED) is 0.917.